The maximum atomic E-state index is 11.5. The predicted octanol–water partition coefficient (Wildman–Crippen LogP) is 4.39. The maximum absolute atomic E-state index is 11.5. The van der Waals surface area contributed by atoms with Crippen molar-refractivity contribution < 1.29 is 4.79 Å². The summed E-state index contributed by atoms with van der Waals surface area (Å²) in [5.41, 5.74) is 4.16. The number of carbonyl (C=O) groups excluding carboxylic acids is 1. The van der Waals surface area contributed by atoms with Crippen molar-refractivity contribution in [1.82, 2.24) is 9.97 Å². The molecule has 1 aliphatic carbocycles. The molecule has 0 unspecified atom stereocenters. The molecule has 134 valence electrons. The van der Waals surface area contributed by atoms with Crippen LogP contribution in [0.5, 0.6) is 0 Å². The monoisotopic (exact) mass is 413 g/mol. The Morgan fingerprint density at radius 2 is 2.19 bits per heavy atom. The predicted molar refractivity (Wildman–Crippen MR) is 107 cm³/mol. The molecule has 7 heteroatoms. The lowest BCUT2D eigenvalue weighted by atomic mass is 10.00. The van der Waals surface area contributed by atoms with Gasteiger partial charge in [0, 0.05) is 24.1 Å². The highest BCUT2D eigenvalue weighted by atomic mass is 79.9. The van der Waals surface area contributed by atoms with Crippen molar-refractivity contribution in [2.24, 2.45) is 0 Å². The van der Waals surface area contributed by atoms with Crippen molar-refractivity contribution >= 4 is 45.0 Å². The zero-order chi connectivity index (χ0) is 17.9. The van der Waals surface area contributed by atoms with Crippen LogP contribution in [0.4, 0.5) is 23.1 Å². The topological polar surface area (TPSA) is 78.9 Å². The molecule has 1 aromatic carbocycles. The van der Waals surface area contributed by atoms with Gasteiger partial charge in [-0.2, -0.15) is 4.98 Å². The van der Waals surface area contributed by atoms with Gasteiger partial charge in [-0.15, -0.1) is 0 Å². The number of amides is 1. The third-order valence-electron chi connectivity index (χ3n) is 4.60. The Labute approximate surface area is 160 Å². The van der Waals surface area contributed by atoms with E-state index in [1.807, 2.05) is 18.2 Å². The first-order valence-electron chi connectivity index (χ1n) is 8.81. The summed E-state index contributed by atoms with van der Waals surface area (Å²) in [6.07, 6.45) is 9.36. The average Bonchev–Trinajstić information content (AvgIpc) is 3.02. The number of hydrogen-bond acceptors (Lipinski definition) is 5. The first-order chi connectivity index (χ1) is 12.7. The average molecular weight is 414 g/mol. The number of benzene rings is 1. The number of fused-ring (bicyclic) bond motifs is 1. The van der Waals surface area contributed by atoms with Gasteiger partial charge in [-0.05, 0) is 65.4 Å². The summed E-state index contributed by atoms with van der Waals surface area (Å²) in [5.74, 6) is 1.32. The van der Waals surface area contributed by atoms with Gasteiger partial charge in [-0.3, -0.25) is 4.79 Å². The summed E-state index contributed by atoms with van der Waals surface area (Å²) in [4.78, 5) is 20.4. The normalized spacial score (nSPS) is 15.9. The van der Waals surface area contributed by atoms with Crippen molar-refractivity contribution in [3.63, 3.8) is 0 Å². The number of rotatable bonds is 5. The van der Waals surface area contributed by atoms with Crippen LogP contribution in [0.2, 0.25) is 0 Å². The Balaban J connectivity index is 1.46. The van der Waals surface area contributed by atoms with E-state index < -0.39 is 0 Å². The summed E-state index contributed by atoms with van der Waals surface area (Å²) < 4.78 is 0.836. The molecular weight excluding hydrogens is 394 g/mol. The molecule has 4 rings (SSSR count). The van der Waals surface area contributed by atoms with Crippen LogP contribution in [-0.4, -0.2) is 22.4 Å². The van der Waals surface area contributed by atoms with Crippen LogP contribution >= 0.6 is 15.9 Å². The summed E-state index contributed by atoms with van der Waals surface area (Å²) in [5, 5.41) is 9.45. The van der Waals surface area contributed by atoms with E-state index in [2.05, 4.69) is 47.9 Å². The highest BCUT2D eigenvalue weighted by Crippen LogP contribution is 2.28. The van der Waals surface area contributed by atoms with E-state index in [4.69, 9.17) is 0 Å². The third kappa shape index (κ3) is 3.88. The minimum Gasteiger partial charge on any atom is -0.365 e. The Kier molecular flexibility index (Phi) is 4.88. The van der Waals surface area contributed by atoms with E-state index in [1.54, 1.807) is 6.20 Å². The molecule has 6 nitrogen and oxygen atoms in total. The fourth-order valence-electron chi connectivity index (χ4n) is 3.25. The molecule has 2 aromatic rings. The molecule has 2 heterocycles. The second kappa shape index (κ2) is 7.45. The quantitative estimate of drug-likeness (QED) is 0.633. The molecule has 0 bridgehead atoms. The molecule has 0 saturated heterocycles. The largest absolute Gasteiger partial charge is 0.365 e. The van der Waals surface area contributed by atoms with E-state index in [9.17, 15) is 4.79 Å². The zero-order valence-corrected chi connectivity index (χ0v) is 15.9. The van der Waals surface area contributed by atoms with Crippen LogP contribution in [0, 0.1) is 0 Å². The van der Waals surface area contributed by atoms with E-state index in [1.165, 1.54) is 24.8 Å². The van der Waals surface area contributed by atoms with Crippen LogP contribution in [0.25, 0.3) is 0 Å². The van der Waals surface area contributed by atoms with Gasteiger partial charge in [-0.25, -0.2) is 4.98 Å². The van der Waals surface area contributed by atoms with Gasteiger partial charge in [-0.1, -0.05) is 11.6 Å². The molecule has 0 spiro atoms. The van der Waals surface area contributed by atoms with E-state index >= 15 is 0 Å². The first kappa shape index (κ1) is 17.0. The molecule has 1 aromatic heterocycles. The number of allylic oxidation sites excluding steroid dienone is 1. The number of halogens is 1. The summed E-state index contributed by atoms with van der Waals surface area (Å²) in [6.45, 7) is 0.807. The minimum absolute atomic E-state index is 0.0283. The number of hydrogen-bond donors (Lipinski definition) is 3. The lowest BCUT2D eigenvalue weighted by Gasteiger charge is -2.15. The van der Waals surface area contributed by atoms with Crippen molar-refractivity contribution in [2.75, 3.05) is 22.5 Å². The van der Waals surface area contributed by atoms with Crippen LogP contribution in [0.3, 0.4) is 0 Å². The highest BCUT2D eigenvalue weighted by Gasteiger charge is 2.17. The lowest BCUT2D eigenvalue weighted by molar-refractivity contribution is -0.115. The van der Waals surface area contributed by atoms with E-state index in [-0.39, 0.29) is 5.91 Å². The number of aromatic nitrogens is 2. The number of carbonyl (C=O) groups is 1. The van der Waals surface area contributed by atoms with E-state index in [0.717, 1.165) is 40.2 Å². The molecule has 0 saturated carbocycles. The minimum atomic E-state index is 0.0283. The fourth-order valence-corrected chi connectivity index (χ4v) is 3.58. The molecule has 1 aliphatic heterocycles. The van der Waals surface area contributed by atoms with Gasteiger partial charge >= 0.3 is 0 Å². The number of nitrogens with one attached hydrogen (secondary N) is 3. The van der Waals surface area contributed by atoms with Crippen LogP contribution in [-0.2, 0) is 11.2 Å². The Morgan fingerprint density at radius 3 is 3.04 bits per heavy atom. The van der Waals surface area contributed by atoms with Crippen molar-refractivity contribution in [1.29, 1.82) is 0 Å². The maximum Gasteiger partial charge on any atom is 0.229 e. The summed E-state index contributed by atoms with van der Waals surface area (Å²) >= 11 is 3.51. The molecule has 1 amide bonds. The molecule has 3 N–H and O–H groups in total. The number of nitrogens with zero attached hydrogens (tertiary/aromatic N) is 2. The smallest absolute Gasteiger partial charge is 0.229 e. The standard InChI is InChI=1S/C19H20BrN5O/c20-15-11-22-19(25-18(15)21-10-12-4-2-1-3-5-12)23-14-6-7-16-13(8-14)9-17(26)24-16/h4,6-8,11H,1-3,5,9-10H2,(H,24,26)(H2,21,22,23,25). The van der Waals surface area contributed by atoms with Crippen LogP contribution < -0.4 is 16.0 Å². The van der Waals surface area contributed by atoms with Gasteiger partial charge in [0.25, 0.3) is 0 Å². The van der Waals surface area contributed by atoms with Crippen LogP contribution in [0.1, 0.15) is 31.2 Å². The Bertz CT molecular complexity index is 880. The van der Waals surface area contributed by atoms with E-state index in [0.29, 0.717) is 12.4 Å². The first-order valence-corrected chi connectivity index (χ1v) is 9.61. The van der Waals surface area contributed by atoms with Crippen molar-refractivity contribution in [2.45, 2.75) is 32.1 Å². The molecule has 0 radical (unpaired) electrons. The van der Waals surface area contributed by atoms with Gasteiger partial charge in [0.1, 0.15) is 5.82 Å². The molecule has 0 fully saturated rings. The molecule has 0 atom stereocenters. The Hall–Kier alpha value is -2.41. The molecule has 2 aliphatic rings. The highest BCUT2D eigenvalue weighted by molar-refractivity contribution is 9.10. The fraction of sp³-hybridized carbons (Fsp3) is 0.316. The van der Waals surface area contributed by atoms with Crippen LogP contribution in [0.15, 0.2) is 40.5 Å². The van der Waals surface area contributed by atoms with Gasteiger partial charge in [0.05, 0.1) is 10.9 Å². The molecule has 26 heavy (non-hydrogen) atoms. The Morgan fingerprint density at radius 1 is 1.27 bits per heavy atom. The van der Waals surface area contributed by atoms with Gasteiger partial charge in [0.2, 0.25) is 11.9 Å². The summed E-state index contributed by atoms with van der Waals surface area (Å²) in [6, 6.07) is 5.77. The second-order valence-corrected chi connectivity index (χ2v) is 7.43. The summed E-state index contributed by atoms with van der Waals surface area (Å²) in [7, 11) is 0. The van der Waals surface area contributed by atoms with Crippen molar-refractivity contribution in [3.8, 4) is 0 Å². The zero-order valence-electron chi connectivity index (χ0n) is 14.3. The molecular formula is C19H20BrN5O. The van der Waals surface area contributed by atoms with Gasteiger partial charge < -0.3 is 16.0 Å². The van der Waals surface area contributed by atoms with Gasteiger partial charge in [0.15, 0.2) is 0 Å². The lowest BCUT2D eigenvalue weighted by Crippen LogP contribution is -2.10. The second-order valence-electron chi connectivity index (χ2n) is 6.57. The number of anilines is 4. The van der Waals surface area contributed by atoms with Crippen molar-refractivity contribution in [3.05, 3.63) is 46.1 Å². The third-order valence-corrected chi connectivity index (χ3v) is 5.18. The SMILES string of the molecule is O=C1Cc2cc(Nc3ncc(Br)c(NCC4=CCCCC4)n3)ccc2N1.